The van der Waals surface area contributed by atoms with Crippen LogP contribution >= 0.6 is 0 Å². The zero-order valence-corrected chi connectivity index (χ0v) is 7.30. The summed E-state index contributed by atoms with van der Waals surface area (Å²) in [6.45, 7) is 5.18. The Morgan fingerprint density at radius 3 is 2.82 bits per heavy atom. The summed E-state index contributed by atoms with van der Waals surface area (Å²) >= 11 is 0. The Hall–Kier alpha value is -0.550. The molecule has 3 atom stereocenters. The molecule has 62 valence electrons. The maximum atomic E-state index is 8.48. The highest BCUT2D eigenvalue weighted by Crippen LogP contribution is 2.40. The SMILES string of the molecule is CC[C@@H]1C[C@H]1CNC(C)C#N. The van der Waals surface area contributed by atoms with Crippen LogP contribution < -0.4 is 5.32 Å². The summed E-state index contributed by atoms with van der Waals surface area (Å²) in [5.74, 6) is 1.80. The first-order valence-corrected chi connectivity index (χ1v) is 4.41. The highest BCUT2D eigenvalue weighted by molar-refractivity contribution is 4.91. The molecule has 0 spiro atoms. The lowest BCUT2D eigenvalue weighted by Crippen LogP contribution is -2.26. The first-order chi connectivity index (χ1) is 5.27. The van der Waals surface area contributed by atoms with Crippen molar-refractivity contribution in [3.8, 4) is 6.07 Å². The minimum Gasteiger partial charge on any atom is -0.302 e. The number of hydrogen-bond acceptors (Lipinski definition) is 2. The van der Waals surface area contributed by atoms with Gasteiger partial charge in [-0.3, -0.25) is 0 Å². The lowest BCUT2D eigenvalue weighted by molar-refractivity contribution is 0.567. The third kappa shape index (κ3) is 2.51. The molecule has 0 heterocycles. The molecule has 0 radical (unpaired) electrons. The second kappa shape index (κ2) is 3.73. The molecule has 1 aliphatic carbocycles. The van der Waals surface area contributed by atoms with Crippen molar-refractivity contribution in [3.63, 3.8) is 0 Å². The van der Waals surface area contributed by atoms with Crippen molar-refractivity contribution in [2.24, 2.45) is 11.8 Å². The van der Waals surface area contributed by atoms with E-state index in [9.17, 15) is 0 Å². The molecular formula is C9H16N2. The minimum atomic E-state index is 0.0214. The van der Waals surface area contributed by atoms with Crippen LogP contribution in [0.4, 0.5) is 0 Å². The Kier molecular flexibility index (Phi) is 2.90. The zero-order valence-electron chi connectivity index (χ0n) is 7.30. The molecule has 1 N–H and O–H groups in total. The summed E-state index contributed by atoms with van der Waals surface area (Å²) in [7, 11) is 0. The summed E-state index contributed by atoms with van der Waals surface area (Å²) in [6, 6.07) is 2.19. The van der Waals surface area contributed by atoms with Crippen molar-refractivity contribution in [2.45, 2.75) is 32.7 Å². The second-order valence-corrected chi connectivity index (χ2v) is 3.42. The lowest BCUT2D eigenvalue weighted by Gasteiger charge is -2.03. The standard InChI is InChI=1S/C9H16N2/c1-3-8-4-9(8)6-11-7(2)5-10/h7-9,11H,3-4,6H2,1-2H3/t7?,8-,9+/m1/s1. The maximum absolute atomic E-state index is 8.48. The Labute approximate surface area is 68.6 Å². The highest BCUT2D eigenvalue weighted by Gasteiger charge is 2.34. The Balaban J connectivity index is 2.02. The smallest absolute Gasteiger partial charge is 0.0924 e. The molecule has 0 amide bonds. The van der Waals surface area contributed by atoms with Gasteiger partial charge in [-0.25, -0.2) is 0 Å². The number of hydrogen-bond donors (Lipinski definition) is 1. The van der Waals surface area contributed by atoms with Gasteiger partial charge in [-0.2, -0.15) is 5.26 Å². The highest BCUT2D eigenvalue weighted by atomic mass is 14.9. The average molecular weight is 152 g/mol. The molecule has 0 bridgehead atoms. The first-order valence-electron chi connectivity index (χ1n) is 4.41. The molecule has 1 aliphatic rings. The quantitative estimate of drug-likeness (QED) is 0.663. The Bertz CT molecular complexity index is 159. The molecule has 1 fully saturated rings. The fraction of sp³-hybridized carbons (Fsp3) is 0.889. The Morgan fingerprint density at radius 1 is 1.64 bits per heavy atom. The van der Waals surface area contributed by atoms with Gasteiger partial charge in [0.15, 0.2) is 0 Å². The lowest BCUT2D eigenvalue weighted by atomic mass is 10.2. The van der Waals surface area contributed by atoms with E-state index in [4.69, 9.17) is 5.26 Å². The number of nitriles is 1. The third-order valence-corrected chi connectivity index (χ3v) is 2.47. The summed E-state index contributed by atoms with van der Waals surface area (Å²) in [5.41, 5.74) is 0. The van der Waals surface area contributed by atoms with Gasteiger partial charge in [-0.1, -0.05) is 13.3 Å². The molecule has 1 saturated carbocycles. The summed E-state index contributed by atoms with van der Waals surface area (Å²) in [5, 5.41) is 11.7. The molecule has 2 heteroatoms. The van der Waals surface area contributed by atoms with Crippen molar-refractivity contribution in [1.29, 1.82) is 5.26 Å². The molecule has 1 unspecified atom stereocenters. The monoisotopic (exact) mass is 152 g/mol. The second-order valence-electron chi connectivity index (χ2n) is 3.42. The van der Waals surface area contributed by atoms with Crippen LogP contribution in [0.5, 0.6) is 0 Å². The largest absolute Gasteiger partial charge is 0.302 e. The summed E-state index contributed by atoms with van der Waals surface area (Å²) in [6.07, 6.45) is 2.66. The van der Waals surface area contributed by atoms with E-state index in [0.717, 1.165) is 18.4 Å². The first kappa shape index (κ1) is 8.55. The van der Waals surface area contributed by atoms with E-state index in [1.54, 1.807) is 0 Å². The molecular weight excluding hydrogens is 136 g/mol. The van der Waals surface area contributed by atoms with E-state index < -0.39 is 0 Å². The number of nitrogens with zero attached hydrogens (tertiary/aromatic N) is 1. The summed E-state index contributed by atoms with van der Waals surface area (Å²) in [4.78, 5) is 0. The van der Waals surface area contributed by atoms with Gasteiger partial charge in [0.2, 0.25) is 0 Å². The predicted octanol–water partition coefficient (Wildman–Crippen LogP) is 1.53. The molecule has 0 aromatic rings. The van der Waals surface area contributed by atoms with Crippen molar-refractivity contribution < 1.29 is 0 Å². The van der Waals surface area contributed by atoms with Crippen LogP contribution in [0.25, 0.3) is 0 Å². The van der Waals surface area contributed by atoms with E-state index in [-0.39, 0.29) is 6.04 Å². The van der Waals surface area contributed by atoms with Crippen LogP contribution in [0.3, 0.4) is 0 Å². The van der Waals surface area contributed by atoms with Crippen molar-refractivity contribution in [1.82, 2.24) is 5.32 Å². The van der Waals surface area contributed by atoms with Crippen molar-refractivity contribution in [3.05, 3.63) is 0 Å². The van der Waals surface area contributed by atoms with Crippen LogP contribution in [-0.4, -0.2) is 12.6 Å². The van der Waals surface area contributed by atoms with Crippen LogP contribution in [0.2, 0.25) is 0 Å². The van der Waals surface area contributed by atoms with E-state index in [1.165, 1.54) is 12.8 Å². The van der Waals surface area contributed by atoms with Gasteiger partial charge in [0.1, 0.15) is 0 Å². The normalized spacial score (nSPS) is 31.0. The Morgan fingerprint density at radius 2 is 2.36 bits per heavy atom. The van der Waals surface area contributed by atoms with Gasteiger partial charge in [-0.15, -0.1) is 0 Å². The number of nitrogens with one attached hydrogen (secondary N) is 1. The number of rotatable bonds is 4. The summed E-state index contributed by atoms with van der Waals surface area (Å²) < 4.78 is 0. The van der Waals surface area contributed by atoms with E-state index in [2.05, 4.69) is 18.3 Å². The van der Waals surface area contributed by atoms with Crippen molar-refractivity contribution >= 4 is 0 Å². The van der Waals surface area contributed by atoms with Gasteiger partial charge in [0.25, 0.3) is 0 Å². The van der Waals surface area contributed by atoms with Gasteiger partial charge in [0, 0.05) is 0 Å². The predicted molar refractivity (Wildman–Crippen MR) is 45.0 cm³/mol. The minimum absolute atomic E-state index is 0.0214. The molecule has 0 aliphatic heterocycles. The van der Waals surface area contributed by atoms with Gasteiger partial charge in [-0.05, 0) is 31.7 Å². The van der Waals surface area contributed by atoms with Crippen LogP contribution in [-0.2, 0) is 0 Å². The molecule has 11 heavy (non-hydrogen) atoms. The fourth-order valence-corrected chi connectivity index (χ4v) is 1.43. The molecule has 0 aromatic carbocycles. The maximum Gasteiger partial charge on any atom is 0.0924 e. The topological polar surface area (TPSA) is 35.8 Å². The van der Waals surface area contributed by atoms with E-state index in [0.29, 0.717) is 0 Å². The molecule has 1 rings (SSSR count). The van der Waals surface area contributed by atoms with Crippen LogP contribution in [0.15, 0.2) is 0 Å². The van der Waals surface area contributed by atoms with Crippen LogP contribution in [0.1, 0.15) is 26.7 Å². The van der Waals surface area contributed by atoms with E-state index >= 15 is 0 Å². The van der Waals surface area contributed by atoms with Gasteiger partial charge >= 0.3 is 0 Å². The van der Waals surface area contributed by atoms with Gasteiger partial charge < -0.3 is 5.32 Å². The van der Waals surface area contributed by atoms with Crippen molar-refractivity contribution in [2.75, 3.05) is 6.54 Å². The zero-order chi connectivity index (χ0) is 8.27. The molecule has 0 aromatic heterocycles. The van der Waals surface area contributed by atoms with Gasteiger partial charge in [0.05, 0.1) is 12.1 Å². The van der Waals surface area contributed by atoms with Crippen LogP contribution in [0, 0.1) is 23.2 Å². The average Bonchev–Trinajstić information content (AvgIpc) is 2.78. The third-order valence-electron chi connectivity index (χ3n) is 2.47. The molecule has 2 nitrogen and oxygen atoms in total. The van der Waals surface area contributed by atoms with E-state index in [1.807, 2.05) is 6.92 Å². The molecule has 0 saturated heterocycles. The fourth-order valence-electron chi connectivity index (χ4n) is 1.43.